The lowest BCUT2D eigenvalue weighted by Crippen LogP contribution is -1.96. The van der Waals surface area contributed by atoms with Gasteiger partial charge in [-0.2, -0.15) is 10.2 Å². The van der Waals surface area contributed by atoms with E-state index in [1.165, 1.54) is 0 Å². The molecular formula is C13H16N4O. The molecule has 0 aliphatic carbocycles. The highest BCUT2D eigenvalue weighted by Gasteiger charge is 2.05. The number of nitrogens with zero attached hydrogens (tertiary/aromatic N) is 4. The topological polar surface area (TPSA) is 52.7 Å². The summed E-state index contributed by atoms with van der Waals surface area (Å²) in [4.78, 5) is 11.9. The zero-order valence-electron chi connectivity index (χ0n) is 10.8. The summed E-state index contributed by atoms with van der Waals surface area (Å²) in [6, 6.07) is 1.93. The zero-order chi connectivity index (χ0) is 13.1. The molecule has 0 fully saturated rings. The van der Waals surface area contributed by atoms with E-state index in [9.17, 15) is 4.79 Å². The van der Waals surface area contributed by atoms with Crippen molar-refractivity contribution in [2.45, 2.75) is 20.4 Å². The molecule has 0 radical (unpaired) electrons. The van der Waals surface area contributed by atoms with Gasteiger partial charge in [-0.15, -0.1) is 0 Å². The predicted molar refractivity (Wildman–Crippen MR) is 69.2 cm³/mol. The largest absolute Gasteiger partial charge is 0.289 e. The van der Waals surface area contributed by atoms with Crippen molar-refractivity contribution in [2.24, 2.45) is 7.05 Å². The second-order valence-electron chi connectivity index (χ2n) is 4.12. The van der Waals surface area contributed by atoms with Crippen molar-refractivity contribution in [1.29, 1.82) is 0 Å². The molecule has 0 N–H and O–H groups in total. The highest BCUT2D eigenvalue weighted by atomic mass is 16.1. The van der Waals surface area contributed by atoms with E-state index in [0.717, 1.165) is 17.9 Å². The summed E-state index contributed by atoms with van der Waals surface area (Å²) in [5, 5.41) is 8.29. The van der Waals surface area contributed by atoms with Gasteiger partial charge in [0, 0.05) is 19.8 Å². The van der Waals surface area contributed by atoms with Gasteiger partial charge in [0.05, 0.1) is 23.1 Å². The number of aryl methyl sites for hydroxylation is 3. The fourth-order valence-electron chi connectivity index (χ4n) is 1.71. The lowest BCUT2D eigenvalue weighted by molar-refractivity contribution is 0.104. The summed E-state index contributed by atoms with van der Waals surface area (Å²) >= 11 is 0. The van der Waals surface area contributed by atoms with Crippen LogP contribution in [0.1, 0.15) is 28.7 Å². The molecule has 0 saturated heterocycles. The molecule has 0 unspecified atom stereocenters. The lowest BCUT2D eigenvalue weighted by Gasteiger charge is -1.93. The number of aromatic nitrogens is 4. The first-order valence-electron chi connectivity index (χ1n) is 5.85. The van der Waals surface area contributed by atoms with E-state index >= 15 is 0 Å². The molecule has 0 spiro atoms. The first-order chi connectivity index (χ1) is 8.60. The van der Waals surface area contributed by atoms with Crippen LogP contribution in [0.5, 0.6) is 0 Å². The third-order valence-corrected chi connectivity index (χ3v) is 2.69. The maximum absolute atomic E-state index is 11.9. The SMILES string of the molecule is CCn1cc(C(=O)/C=C/c2cc(C)nn2C)cn1. The standard InChI is InChI=1S/C13H16N4O/c1-4-17-9-11(8-14-17)13(18)6-5-12-7-10(2)15-16(12)3/h5-9H,4H2,1-3H3/b6-5+. The van der Waals surface area contributed by atoms with Gasteiger partial charge in [0.1, 0.15) is 0 Å². The molecule has 0 atom stereocenters. The number of allylic oxidation sites excluding steroid dienone is 1. The number of ketones is 1. The lowest BCUT2D eigenvalue weighted by atomic mass is 10.2. The monoisotopic (exact) mass is 244 g/mol. The summed E-state index contributed by atoms with van der Waals surface area (Å²) in [5.74, 6) is -0.0476. The highest BCUT2D eigenvalue weighted by molar-refractivity contribution is 6.06. The van der Waals surface area contributed by atoms with Crippen molar-refractivity contribution in [3.05, 3.63) is 41.5 Å². The Morgan fingerprint density at radius 3 is 2.83 bits per heavy atom. The molecule has 18 heavy (non-hydrogen) atoms. The van der Waals surface area contributed by atoms with Crippen molar-refractivity contribution < 1.29 is 4.79 Å². The van der Waals surface area contributed by atoms with Gasteiger partial charge in [-0.1, -0.05) is 0 Å². The van der Waals surface area contributed by atoms with Crippen molar-refractivity contribution in [2.75, 3.05) is 0 Å². The van der Waals surface area contributed by atoms with Crippen LogP contribution in [0.3, 0.4) is 0 Å². The van der Waals surface area contributed by atoms with Crippen LogP contribution < -0.4 is 0 Å². The van der Waals surface area contributed by atoms with E-state index < -0.39 is 0 Å². The van der Waals surface area contributed by atoms with Crippen LogP contribution >= 0.6 is 0 Å². The van der Waals surface area contributed by atoms with Gasteiger partial charge in [0.15, 0.2) is 5.78 Å². The summed E-state index contributed by atoms with van der Waals surface area (Å²) in [6.45, 7) is 4.66. The molecule has 0 amide bonds. The van der Waals surface area contributed by atoms with Crippen LogP contribution in [-0.2, 0) is 13.6 Å². The number of hydrogen-bond acceptors (Lipinski definition) is 3. The van der Waals surface area contributed by atoms with Gasteiger partial charge in [-0.05, 0) is 32.1 Å². The quantitative estimate of drug-likeness (QED) is 0.609. The van der Waals surface area contributed by atoms with Crippen LogP contribution in [0.15, 0.2) is 24.5 Å². The van der Waals surface area contributed by atoms with E-state index in [4.69, 9.17) is 0 Å². The molecule has 94 valence electrons. The predicted octanol–water partition coefficient (Wildman–Crippen LogP) is 1.84. The van der Waals surface area contributed by atoms with Gasteiger partial charge in [0.25, 0.3) is 0 Å². The molecule has 5 nitrogen and oxygen atoms in total. The van der Waals surface area contributed by atoms with Crippen LogP contribution in [0.4, 0.5) is 0 Å². The third kappa shape index (κ3) is 2.56. The van der Waals surface area contributed by atoms with Crippen molar-refractivity contribution in [1.82, 2.24) is 19.6 Å². The van der Waals surface area contributed by atoms with E-state index in [1.807, 2.05) is 27.0 Å². The van der Waals surface area contributed by atoms with Crippen molar-refractivity contribution in [3.8, 4) is 0 Å². The molecule has 0 aliphatic heterocycles. The average Bonchev–Trinajstić information content (AvgIpc) is 2.93. The summed E-state index contributed by atoms with van der Waals surface area (Å²) in [5.41, 5.74) is 2.44. The minimum absolute atomic E-state index is 0.0476. The minimum Gasteiger partial charge on any atom is -0.289 e. The van der Waals surface area contributed by atoms with E-state index in [-0.39, 0.29) is 5.78 Å². The molecule has 0 bridgehead atoms. The Bertz CT molecular complexity index is 592. The molecule has 2 heterocycles. The Morgan fingerprint density at radius 2 is 2.28 bits per heavy atom. The molecule has 0 aliphatic rings. The van der Waals surface area contributed by atoms with Gasteiger partial charge >= 0.3 is 0 Å². The fraction of sp³-hybridized carbons (Fsp3) is 0.308. The number of rotatable bonds is 4. The van der Waals surface area contributed by atoms with E-state index in [0.29, 0.717) is 5.56 Å². The van der Waals surface area contributed by atoms with Gasteiger partial charge in [0.2, 0.25) is 0 Å². The average molecular weight is 244 g/mol. The second-order valence-corrected chi connectivity index (χ2v) is 4.12. The number of carbonyl (C=O) groups is 1. The van der Waals surface area contributed by atoms with Crippen LogP contribution in [0, 0.1) is 6.92 Å². The molecule has 0 aromatic carbocycles. The normalized spacial score (nSPS) is 11.3. The van der Waals surface area contributed by atoms with Gasteiger partial charge < -0.3 is 0 Å². The third-order valence-electron chi connectivity index (χ3n) is 2.69. The van der Waals surface area contributed by atoms with Crippen molar-refractivity contribution >= 4 is 11.9 Å². The molecule has 0 saturated carbocycles. The summed E-state index contributed by atoms with van der Waals surface area (Å²) in [6.07, 6.45) is 6.66. The second kappa shape index (κ2) is 5.00. The number of hydrogen-bond donors (Lipinski definition) is 0. The summed E-state index contributed by atoms with van der Waals surface area (Å²) in [7, 11) is 1.85. The first kappa shape index (κ1) is 12.3. The smallest absolute Gasteiger partial charge is 0.189 e. The van der Waals surface area contributed by atoms with Crippen LogP contribution in [0.25, 0.3) is 6.08 Å². The zero-order valence-corrected chi connectivity index (χ0v) is 10.8. The molecule has 5 heteroatoms. The van der Waals surface area contributed by atoms with E-state index in [1.54, 1.807) is 33.9 Å². The van der Waals surface area contributed by atoms with Crippen LogP contribution in [0.2, 0.25) is 0 Å². The highest BCUT2D eigenvalue weighted by Crippen LogP contribution is 2.06. The summed E-state index contributed by atoms with van der Waals surface area (Å²) < 4.78 is 3.48. The number of carbonyl (C=O) groups excluding carboxylic acids is 1. The molecular weight excluding hydrogens is 228 g/mol. The molecule has 2 aromatic rings. The maximum Gasteiger partial charge on any atom is 0.189 e. The Balaban J connectivity index is 2.13. The fourth-order valence-corrected chi connectivity index (χ4v) is 1.71. The molecule has 2 rings (SSSR count). The van der Waals surface area contributed by atoms with E-state index in [2.05, 4.69) is 10.2 Å². The molecule has 2 aromatic heterocycles. The maximum atomic E-state index is 11.9. The Labute approximate surface area is 106 Å². The van der Waals surface area contributed by atoms with Crippen molar-refractivity contribution in [3.63, 3.8) is 0 Å². The van der Waals surface area contributed by atoms with Gasteiger partial charge in [-0.25, -0.2) is 0 Å². The Hall–Kier alpha value is -2.17. The Morgan fingerprint density at radius 1 is 1.50 bits per heavy atom. The minimum atomic E-state index is -0.0476. The van der Waals surface area contributed by atoms with Gasteiger partial charge in [-0.3, -0.25) is 14.2 Å². The first-order valence-corrected chi connectivity index (χ1v) is 5.85. The van der Waals surface area contributed by atoms with Crippen LogP contribution in [-0.4, -0.2) is 25.3 Å². The Kier molecular flexibility index (Phi) is 3.41.